The van der Waals surface area contributed by atoms with Crippen LogP contribution in [0.1, 0.15) is 23.7 Å². The van der Waals surface area contributed by atoms with E-state index in [2.05, 4.69) is 0 Å². The van der Waals surface area contributed by atoms with Crippen LogP contribution in [0.2, 0.25) is 0 Å². The Balaban J connectivity index is 2.01. The number of rotatable bonds is 7. The van der Waals surface area contributed by atoms with E-state index in [-0.39, 0.29) is 23.1 Å². The highest BCUT2D eigenvalue weighted by Crippen LogP contribution is 2.26. The number of likely N-dealkylation sites (N-methyl/N-ethyl adjacent to an activating group) is 1. The van der Waals surface area contributed by atoms with Gasteiger partial charge in [0.25, 0.3) is 5.91 Å². The Morgan fingerprint density at radius 1 is 1.35 bits per heavy atom. The average molecular weight is 402 g/mol. The van der Waals surface area contributed by atoms with E-state index < -0.39 is 28.3 Å². The predicted octanol–water partition coefficient (Wildman–Crippen LogP) is 1.61. The van der Waals surface area contributed by atoms with Gasteiger partial charge in [0, 0.05) is 17.5 Å². The number of sulfone groups is 1. The lowest BCUT2D eigenvalue weighted by Crippen LogP contribution is -2.43. The van der Waals surface area contributed by atoms with Crippen LogP contribution in [0.5, 0.6) is 5.75 Å². The zero-order valence-electron chi connectivity index (χ0n) is 15.1. The number of methoxy groups -OCH3 is 1. The van der Waals surface area contributed by atoms with E-state index in [0.717, 1.165) is 4.90 Å². The van der Waals surface area contributed by atoms with Gasteiger partial charge in [0.2, 0.25) is 0 Å². The van der Waals surface area contributed by atoms with Crippen molar-refractivity contribution >= 4 is 33.5 Å². The molecule has 1 aliphatic rings. The standard InChI is InChI=1S/C17H23NO6S2/c1-4-18(12-7-8-26(21,22)11-12)16(19)10-24-17(20)14-6-5-13(25-3)9-15(14)23-2/h5-6,9,12H,4,7-8,10-11H2,1-3H3/t12-/m1/s1. The normalized spacial score (nSPS) is 18.3. The van der Waals surface area contributed by atoms with Crippen LogP contribution in [-0.2, 0) is 19.4 Å². The topological polar surface area (TPSA) is 90.0 Å². The molecule has 1 fully saturated rings. The number of carbonyl (C=O) groups excluding carboxylic acids is 2. The molecule has 1 amide bonds. The fraction of sp³-hybridized carbons (Fsp3) is 0.529. The van der Waals surface area contributed by atoms with Gasteiger partial charge in [-0.25, -0.2) is 13.2 Å². The molecule has 2 rings (SSSR count). The maximum absolute atomic E-state index is 12.4. The lowest BCUT2D eigenvalue weighted by molar-refractivity contribution is -0.136. The molecule has 1 atom stereocenters. The predicted molar refractivity (Wildman–Crippen MR) is 99.5 cm³/mol. The van der Waals surface area contributed by atoms with E-state index in [1.54, 1.807) is 25.1 Å². The third-order valence-electron chi connectivity index (χ3n) is 4.27. The summed E-state index contributed by atoms with van der Waals surface area (Å²) in [5.74, 6) is -0.630. The molecule has 1 saturated heterocycles. The van der Waals surface area contributed by atoms with Crippen LogP contribution >= 0.6 is 11.8 Å². The first-order valence-electron chi connectivity index (χ1n) is 8.20. The third kappa shape index (κ3) is 4.91. The van der Waals surface area contributed by atoms with Crippen LogP contribution in [0.15, 0.2) is 23.1 Å². The van der Waals surface area contributed by atoms with Crippen LogP contribution in [-0.4, -0.2) is 69.3 Å². The van der Waals surface area contributed by atoms with Gasteiger partial charge in [0.15, 0.2) is 16.4 Å². The molecule has 0 unspecified atom stereocenters. The fourth-order valence-electron chi connectivity index (χ4n) is 2.91. The van der Waals surface area contributed by atoms with Gasteiger partial charge >= 0.3 is 5.97 Å². The number of ether oxygens (including phenoxy) is 2. The third-order valence-corrected chi connectivity index (χ3v) is 6.74. The van der Waals surface area contributed by atoms with Crippen molar-refractivity contribution in [2.24, 2.45) is 0 Å². The van der Waals surface area contributed by atoms with Crippen molar-refractivity contribution in [3.05, 3.63) is 23.8 Å². The molecule has 9 heteroatoms. The molecular weight excluding hydrogens is 378 g/mol. The summed E-state index contributed by atoms with van der Waals surface area (Å²) in [6.45, 7) is 1.70. The molecule has 0 spiro atoms. The van der Waals surface area contributed by atoms with Gasteiger partial charge in [-0.3, -0.25) is 4.79 Å². The molecule has 1 heterocycles. The van der Waals surface area contributed by atoms with E-state index in [4.69, 9.17) is 9.47 Å². The van der Waals surface area contributed by atoms with Gasteiger partial charge in [-0.2, -0.15) is 0 Å². The van der Waals surface area contributed by atoms with Crippen molar-refractivity contribution in [2.45, 2.75) is 24.3 Å². The highest BCUT2D eigenvalue weighted by atomic mass is 32.2. The molecule has 1 aliphatic heterocycles. The summed E-state index contributed by atoms with van der Waals surface area (Å²) in [4.78, 5) is 27.1. The average Bonchev–Trinajstić information content (AvgIpc) is 2.99. The summed E-state index contributed by atoms with van der Waals surface area (Å²) in [5, 5.41) is 0. The molecule has 0 N–H and O–H groups in total. The van der Waals surface area contributed by atoms with E-state index in [9.17, 15) is 18.0 Å². The number of amides is 1. The minimum atomic E-state index is -3.09. The second-order valence-electron chi connectivity index (χ2n) is 5.88. The molecule has 0 radical (unpaired) electrons. The zero-order chi connectivity index (χ0) is 19.3. The monoisotopic (exact) mass is 401 g/mol. The molecule has 0 saturated carbocycles. The van der Waals surface area contributed by atoms with Gasteiger partial charge < -0.3 is 14.4 Å². The van der Waals surface area contributed by atoms with Gasteiger partial charge in [-0.1, -0.05) is 0 Å². The summed E-state index contributed by atoms with van der Waals surface area (Å²) >= 11 is 1.52. The highest BCUT2D eigenvalue weighted by molar-refractivity contribution is 7.98. The summed E-state index contributed by atoms with van der Waals surface area (Å²) in [5.41, 5.74) is 0.240. The van der Waals surface area contributed by atoms with Crippen LogP contribution in [0.3, 0.4) is 0 Å². The van der Waals surface area contributed by atoms with Gasteiger partial charge in [0.1, 0.15) is 11.3 Å². The summed E-state index contributed by atoms with van der Waals surface area (Å²) in [6, 6.07) is 4.74. The zero-order valence-corrected chi connectivity index (χ0v) is 16.7. The number of esters is 1. The first-order valence-corrected chi connectivity index (χ1v) is 11.2. The summed E-state index contributed by atoms with van der Waals surface area (Å²) in [7, 11) is -1.64. The van der Waals surface area contributed by atoms with Crippen molar-refractivity contribution in [3.8, 4) is 5.75 Å². The van der Waals surface area contributed by atoms with Gasteiger partial charge in [0.05, 0.1) is 18.6 Å². The fourth-order valence-corrected chi connectivity index (χ4v) is 5.07. The van der Waals surface area contributed by atoms with Gasteiger partial charge in [-0.05, 0) is 37.8 Å². The van der Waals surface area contributed by atoms with Crippen LogP contribution < -0.4 is 4.74 Å². The van der Waals surface area contributed by atoms with Crippen LogP contribution in [0, 0.1) is 0 Å². The first kappa shape index (κ1) is 20.6. The van der Waals surface area contributed by atoms with Crippen LogP contribution in [0.25, 0.3) is 0 Å². The number of thioether (sulfide) groups is 1. The molecule has 0 aliphatic carbocycles. The summed E-state index contributed by atoms with van der Waals surface area (Å²) < 4.78 is 33.6. The molecule has 26 heavy (non-hydrogen) atoms. The summed E-state index contributed by atoms with van der Waals surface area (Å²) in [6.07, 6.45) is 2.33. The van der Waals surface area contributed by atoms with E-state index in [1.165, 1.54) is 23.8 Å². The molecule has 7 nitrogen and oxygen atoms in total. The quantitative estimate of drug-likeness (QED) is 0.506. The minimum absolute atomic E-state index is 0.0372. The maximum Gasteiger partial charge on any atom is 0.342 e. The number of hydrogen-bond donors (Lipinski definition) is 0. The van der Waals surface area contributed by atoms with Gasteiger partial charge in [-0.15, -0.1) is 11.8 Å². The Kier molecular flexibility index (Phi) is 6.94. The van der Waals surface area contributed by atoms with Crippen molar-refractivity contribution in [2.75, 3.05) is 38.0 Å². The maximum atomic E-state index is 12.4. The minimum Gasteiger partial charge on any atom is -0.496 e. The Hall–Kier alpha value is -1.74. The largest absolute Gasteiger partial charge is 0.496 e. The lowest BCUT2D eigenvalue weighted by Gasteiger charge is -2.26. The van der Waals surface area contributed by atoms with Crippen molar-refractivity contribution in [1.82, 2.24) is 4.90 Å². The molecule has 0 bridgehead atoms. The molecular formula is C17H23NO6S2. The Morgan fingerprint density at radius 3 is 2.62 bits per heavy atom. The SMILES string of the molecule is CCN(C(=O)COC(=O)c1ccc(SC)cc1OC)[C@@H]1CCS(=O)(=O)C1. The molecule has 1 aromatic rings. The number of benzene rings is 1. The highest BCUT2D eigenvalue weighted by Gasteiger charge is 2.34. The molecule has 0 aromatic heterocycles. The Morgan fingerprint density at radius 2 is 2.08 bits per heavy atom. The molecule has 1 aromatic carbocycles. The molecule has 144 valence electrons. The smallest absolute Gasteiger partial charge is 0.342 e. The van der Waals surface area contributed by atoms with Crippen molar-refractivity contribution in [1.29, 1.82) is 0 Å². The number of hydrogen-bond acceptors (Lipinski definition) is 7. The number of nitrogens with zero attached hydrogens (tertiary/aromatic N) is 1. The second kappa shape index (κ2) is 8.77. The van der Waals surface area contributed by atoms with Crippen molar-refractivity contribution in [3.63, 3.8) is 0 Å². The van der Waals surface area contributed by atoms with Crippen LogP contribution in [0.4, 0.5) is 0 Å². The Labute approximate surface area is 157 Å². The lowest BCUT2D eigenvalue weighted by atomic mass is 10.2. The Bertz CT molecular complexity index is 777. The number of carbonyl (C=O) groups is 2. The van der Waals surface area contributed by atoms with E-state index in [0.29, 0.717) is 18.7 Å². The van der Waals surface area contributed by atoms with Crippen molar-refractivity contribution < 1.29 is 27.5 Å². The first-order chi connectivity index (χ1) is 12.3. The van der Waals surface area contributed by atoms with E-state index >= 15 is 0 Å². The van der Waals surface area contributed by atoms with E-state index in [1.807, 2.05) is 6.26 Å². The second-order valence-corrected chi connectivity index (χ2v) is 8.99.